The average molecular weight is 372 g/mol. The van der Waals surface area contributed by atoms with Gasteiger partial charge >= 0.3 is 0 Å². The van der Waals surface area contributed by atoms with Crippen LogP contribution >= 0.6 is 11.3 Å². The molecular weight excluding hydrogens is 348 g/mol. The molecule has 2 aromatic rings. The van der Waals surface area contributed by atoms with Crippen molar-refractivity contribution in [1.29, 1.82) is 0 Å². The number of anilines is 2. The van der Waals surface area contributed by atoms with Crippen molar-refractivity contribution in [2.75, 3.05) is 29.9 Å². The van der Waals surface area contributed by atoms with Crippen molar-refractivity contribution in [3.63, 3.8) is 0 Å². The van der Waals surface area contributed by atoms with Crippen LogP contribution in [0.15, 0.2) is 35.8 Å². The molecule has 1 aliphatic rings. The maximum atomic E-state index is 12.2. The van der Waals surface area contributed by atoms with Crippen LogP contribution in [-0.4, -0.2) is 36.4 Å². The molecule has 6 nitrogen and oxygen atoms in total. The molecule has 0 spiro atoms. The van der Waals surface area contributed by atoms with Crippen molar-refractivity contribution in [2.24, 2.45) is 5.92 Å². The van der Waals surface area contributed by atoms with Gasteiger partial charge in [0, 0.05) is 43.8 Å². The van der Waals surface area contributed by atoms with E-state index in [9.17, 15) is 9.59 Å². The van der Waals surface area contributed by atoms with Gasteiger partial charge in [-0.2, -0.15) is 0 Å². The minimum Gasteiger partial charge on any atom is -0.355 e. The van der Waals surface area contributed by atoms with Crippen LogP contribution in [0, 0.1) is 5.92 Å². The maximum absolute atomic E-state index is 12.2. The minimum atomic E-state index is -0.102. The van der Waals surface area contributed by atoms with Gasteiger partial charge < -0.3 is 15.5 Å². The van der Waals surface area contributed by atoms with Crippen LogP contribution in [0.1, 0.15) is 25.3 Å². The van der Waals surface area contributed by atoms with E-state index < -0.39 is 0 Å². The van der Waals surface area contributed by atoms with Crippen molar-refractivity contribution in [3.05, 3.63) is 41.4 Å². The molecule has 3 rings (SSSR count). The van der Waals surface area contributed by atoms with E-state index in [-0.39, 0.29) is 11.8 Å². The summed E-state index contributed by atoms with van der Waals surface area (Å²) in [6.07, 6.45) is 4.45. The van der Waals surface area contributed by atoms with Crippen LogP contribution in [0.3, 0.4) is 0 Å². The molecule has 1 fully saturated rings. The van der Waals surface area contributed by atoms with E-state index in [2.05, 4.69) is 20.5 Å². The van der Waals surface area contributed by atoms with Crippen LogP contribution in [0.5, 0.6) is 0 Å². The number of thiazole rings is 1. The predicted octanol–water partition coefficient (Wildman–Crippen LogP) is 2.68. The number of benzene rings is 1. The number of amides is 2. The first-order valence-corrected chi connectivity index (χ1v) is 9.76. The zero-order chi connectivity index (χ0) is 18.4. The largest absolute Gasteiger partial charge is 0.355 e. The highest BCUT2D eigenvalue weighted by molar-refractivity contribution is 7.13. The lowest BCUT2D eigenvalue weighted by molar-refractivity contribution is -0.120. The van der Waals surface area contributed by atoms with E-state index in [0.717, 1.165) is 42.3 Å². The van der Waals surface area contributed by atoms with Gasteiger partial charge in [0.2, 0.25) is 11.8 Å². The summed E-state index contributed by atoms with van der Waals surface area (Å²) in [4.78, 5) is 29.9. The van der Waals surface area contributed by atoms with Gasteiger partial charge in [-0.1, -0.05) is 12.1 Å². The van der Waals surface area contributed by atoms with E-state index in [1.165, 1.54) is 6.92 Å². The molecule has 2 N–H and O–H groups in total. The van der Waals surface area contributed by atoms with Crippen molar-refractivity contribution >= 4 is 34.0 Å². The molecule has 2 heterocycles. The molecule has 1 aromatic heterocycles. The van der Waals surface area contributed by atoms with E-state index in [0.29, 0.717) is 18.9 Å². The Bertz CT molecular complexity index is 731. The Labute approximate surface area is 157 Å². The zero-order valence-corrected chi connectivity index (χ0v) is 15.7. The molecule has 7 heteroatoms. The van der Waals surface area contributed by atoms with Crippen LogP contribution in [-0.2, 0) is 16.0 Å². The minimum absolute atomic E-state index is 0.0312. The summed E-state index contributed by atoms with van der Waals surface area (Å²) < 4.78 is 0. The number of carbonyl (C=O) groups is 2. The van der Waals surface area contributed by atoms with Crippen molar-refractivity contribution < 1.29 is 9.59 Å². The molecule has 1 aromatic carbocycles. The molecule has 0 bridgehead atoms. The molecule has 26 heavy (non-hydrogen) atoms. The Morgan fingerprint density at radius 1 is 1.31 bits per heavy atom. The highest BCUT2D eigenvalue weighted by Gasteiger charge is 2.21. The molecule has 1 unspecified atom stereocenters. The lowest BCUT2D eigenvalue weighted by Gasteiger charge is -2.32. The van der Waals surface area contributed by atoms with Crippen LogP contribution in [0.25, 0.3) is 0 Å². The molecule has 0 saturated carbocycles. The van der Waals surface area contributed by atoms with Crippen molar-refractivity contribution in [1.82, 2.24) is 10.3 Å². The number of rotatable bonds is 6. The molecule has 1 saturated heterocycles. The van der Waals surface area contributed by atoms with Gasteiger partial charge in [-0.15, -0.1) is 11.3 Å². The van der Waals surface area contributed by atoms with Gasteiger partial charge in [-0.05, 0) is 36.5 Å². The van der Waals surface area contributed by atoms with E-state index >= 15 is 0 Å². The smallest absolute Gasteiger partial charge is 0.224 e. The van der Waals surface area contributed by atoms with Gasteiger partial charge in [0.1, 0.15) is 0 Å². The number of piperidine rings is 1. The third-order valence-corrected chi connectivity index (χ3v) is 5.27. The number of hydrogen-bond acceptors (Lipinski definition) is 5. The van der Waals surface area contributed by atoms with Gasteiger partial charge in [0.15, 0.2) is 5.13 Å². The van der Waals surface area contributed by atoms with E-state index in [1.54, 1.807) is 11.3 Å². The standard InChI is InChI=1S/C19H24N4O2S/c1-14(24)22-17-6-4-15(5-7-17)11-18(25)21-12-16-3-2-9-23(13-16)19-20-8-10-26-19/h4-8,10,16H,2-3,9,11-13H2,1H3,(H,21,25)(H,22,24). The highest BCUT2D eigenvalue weighted by atomic mass is 32.1. The number of nitrogens with one attached hydrogen (secondary N) is 2. The zero-order valence-electron chi connectivity index (χ0n) is 14.9. The Morgan fingerprint density at radius 2 is 2.12 bits per heavy atom. The van der Waals surface area contributed by atoms with Gasteiger partial charge in [0.25, 0.3) is 0 Å². The Balaban J connectivity index is 1.44. The topological polar surface area (TPSA) is 74.3 Å². The Hall–Kier alpha value is -2.41. The Kier molecular flexibility index (Phi) is 6.22. The molecule has 138 valence electrons. The summed E-state index contributed by atoms with van der Waals surface area (Å²) in [6.45, 7) is 4.16. The highest BCUT2D eigenvalue weighted by Crippen LogP contribution is 2.24. The predicted molar refractivity (Wildman–Crippen MR) is 105 cm³/mol. The second kappa shape index (κ2) is 8.80. The third-order valence-electron chi connectivity index (χ3n) is 4.44. The number of carbonyl (C=O) groups excluding carboxylic acids is 2. The van der Waals surface area contributed by atoms with Crippen LogP contribution in [0.2, 0.25) is 0 Å². The fourth-order valence-electron chi connectivity index (χ4n) is 3.19. The lowest BCUT2D eigenvalue weighted by atomic mass is 9.98. The van der Waals surface area contributed by atoms with Crippen molar-refractivity contribution in [3.8, 4) is 0 Å². The molecule has 1 aliphatic heterocycles. The van der Waals surface area contributed by atoms with Crippen molar-refractivity contribution in [2.45, 2.75) is 26.2 Å². The monoisotopic (exact) mass is 372 g/mol. The third kappa shape index (κ3) is 5.29. The van der Waals surface area contributed by atoms with Gasteiger partial charge in [-0.25, -0.2) is 4.98 Å². The van der Waals surface area contributed by atoms with Crippen LogP contribution < -0.4 is 15.5 Å². The number of aromatic nitrogens is 1. The summed E-state index contributed by atoms with van der Waals surface area (Å²) in [6, 6.07) is 7.37. The second-order valence-corrected chi connectivity index (χ2v) is 7.50. The number of nitrogens with zero attached hydrogens (tertiary/aromatic N) is 2. The first kappa shape index (κ1) is 18.4. The summed E-state index contributed by atoms with van der Waals surface area (Å²) in [5.74, 6) is 0.386. The fraction of sp³-hybridized carbons (Fsp3) is 0.421. The summed E-state index contributed by atoms with van der Waals surface area (Å²) in [5, 5.41) is 8.85. The molecular formula is C19H24N4O2S. The quantitative estimate of drug-likeness (QED) is 0.818. The Morgan fingerprint density at radius 3 is 2.81 bits per heavy atom. The molecule has 1 atom stereocenters. The van der Waals surface area contributed by atoms with Gasteiger partial charge in [-0.3, -0.25) is 9.59 Å². The molecule has 0 aliphatic carbocycles. The second-order valence-electron chi connectivity index (χ2n) is 6.63. The van der Waals surface area contributed by atoms with E-state index in [1.807, 2.05) is 35.8 Å². The van der Waals surface area contributed by atoms with Crippen LogP contribution in [0.4, 0.5) is 10.8 Å². The first-order valence-electron chi connectivity index (χ1n) is 8.88. The van der Waals surface area contributed by atoms with E-state index in [4.69, 9.17) is 0 Å². The SMILES string of the molecule is CC(=O)Nc1ccc(CC(=O)NCC2CCCN(c3nccs3)C2)cc1. The summed E-state index contributed by atoms with van der Waals surface area (Å²) in [7, 11) is 0. The normalized spacial score (nSPS) is 17.0. The molecule has 2 amide bonds. The summed E-state index contributed by atoms with van der Waals surface area (Å²) in [5.41, 5.74) is 1.68. The lowest BCUT2D eigenvalue weighted by Crippen LogP contribution is -2.41. The fourth-order valence-corrected chi connectivity index (χ4v) is 3.87. The van der Waals surface area contributed by atoms with Gasteiger partial charge in [0.05, 0.1) is 6.42 Å². The average Bonchev–Trinajstić information content (AvgIpc) is 3.16. The molecule has 0 radical (unpaired) electrons. The summed E-state index contributed by atoms with van der Waals surface area (Å²) >= 11 is 1.66. The maximum Gasteiger partial charge on any atom is 0.224 e. The first-order chi connectivity index (χ1) is 12.6. The number of hydrogen-bond donors (Lipinski definition) is 2.